The SMILES string of the molecule is Cn1ccc(C(=O)NCc2cc(Br)ccc2F)cc1=O. The summed E-state index contributed by atoms with van der Waals surface area (Å²) >= 11 is 3.24. The predicted octanol–water partition coefficient (Wildman–Crippen LogP) is 2.22. The third kappa shape index (κ3) is 3.33. The van der Waals surface area contributed by atoms with Crippen LogP contribution in [-0.4, -0.2) is 10.5 Å². The molecule has 6 heteroatoms. The summed E-state index contributed by atoms with van der Waals surface area (Å²) in [6, 6.07) is 7.28. The van der Waals surface area contributed by atoms with Gasteiger partial charge in [-0.3, -0.25) is 9.59 Å². The highest BCUT2D eigenvalue weighted by molar-refractivity contribution is 9.10. The van der Waals surface area contributed by atoms with Gasteiger partial charge in [-0.05, 0) is 24.3 Å². The van der Waals surface area contributed by atoms with Gasteiger partial charge in [-0.25, -0.2) is 4.39 Å². The van der Waals surface area contributed by atoms with E-state index < -0.39 is 11.7 Å². The number of nitrogens with one attached hydrogen (secondary N) is 1. The minimum Gasteiger partial charge on any atom is -0.348 e. The highest BCUT2D eigenvalue weighted by atomic mass is 79.9. The van der Waals surface area contributed by atoms with Crippen LogP contribution >= 0.6 is 15.9 Å². The number of aromatic nitrogens is 1. The fourth-order valence-corrected chi connectivity index (χ4v) is 2.05. The van der Waals surface area contributed by atoms with Crippen molar-refractivity contribution < 1.29 is 9.18 Å². The van der Waals surface area contributed by atoms with Crippen LogP contribution in [0, 0.1) is 5.82 Å². The molecule has 1 amide bonds. The summed E-state index contributed by atoms with van der Waals surface area (Å²) in [7, 11) is 1.60. The minimum absolute atomic E-state index is 0.0549. The van der Waals surface area contributed by atoms with E-state index in [9.17, 15) is 14.0 Å². The van der Waals surface area contributed by atoms with Gasteiger partial charge in [0.15, 0.2) is 0 Å². The Morgan fingerprint density at radius 2 is 2.10 bits per heavy atom. The highest BCUT2D eigenvalue weighted by Gasteiger charge is 2.08. The van der Waals surface area contributed by atoms with Gasteiger partial charge in [0.1, 0.15) is 5.82 Å². The van der Waals surface area contributed by atoms with Crippen LogP contribution in [0.1, 0.15) is 15.9 Å². The molecule has 4 nitrogen and oxygen atoms in total. The molecule has 0 fully saturated rings. The molecule has 2 aromatic rings. The van der Waals surface area contributed by atoms with Gasteiger partial charge < -0.3 is 9.88 Å². The molecule has 0 aliphatic carbocycles. The van der Waals surface area contributed by atoms with E-state index in [0.29, 0.717) is 5.56 Å². The third-order valence-corrected chi connectivity index (χ3v) is 3.31. The summed E-state index contributed by atoms with van der Waals surface area (Å²) in [5.41, 5.74) is 0.353. The van der Waals surface area contributed by atoms with Crippen molar-refractivity contribution in [1.29, 1.82) is 0 Å². The molecule has 0 aliphatic heterocycles. The number of carbonyl (C=O) groups excluding carboxylic acids is 1. The normalized spacial score (nSPS) is 10.3. The Balaban J connectivity index is 2.10. The molecule has 0 saturated carbocycles. The summed E-state index contributed by atoms with van der Waals surface area (Å²) in [5, 5.41) is 2.58. The number of pyridine rings is 1. The first-order valence-corrected chi connectivity index (χ1v) is 6.65. The van der Waals surface area contributed by atoms with Crippen molar-refractivity contribution in [2.45, 2.75) is 6.54 Å². The maximum Gasteiger partial charge on any atom is 0.251 e. The molecule has 0 radical (unpaired) electrons. The van der Waals surface area contributed by atoms with E-state index >= 15 is 0 Å². The second kappa shape index (κ2) is 6.00. The molecule has 1 aromatic carbocycles. The highest BCUT2D eigenvalue weighted by Crippen LogP contribution is 2.15. The van der Waals surface area contributed by atoms with Gasteiger partial charge in [0.2, 0.25) is 0 Å². The summed E-state index contributed by atoms with van der Waals surface area (Å²) in [5.74, 6) is -0.806. The number of halogens is 2. The number of hydrogen-bond acceptors (Lipinski definition) is 2. The standard InChI is InChI=1S/C14H12BrFN2O2/c1-18-5-4-9(7-13(18)19)14(20)17-8-10-6-11(15)2-3-12(10)16/h2-7H,8H2,1H3,(H,17,20). The Labute approximate surface area is 123 Å². The first-order valence-electron chi connectivity index (χ1n) is 5.86. The van der Waals surface area contributed by atoms with Crippen molar-refractivity contribution in [3.8, 4) is 0 Å². The van der Waals surface area contributed by atoms with Crippen molar-refractivity contribution in [2.75, 3.05) is 0 Å². The molecule has 0 atom stereocenters. The topological polar surface area (TPSA) is 51.1 Å². The molecular formula is C14H12BrFN2O2. The van der Waals surface area contributed by atoms with Gasteiger partial charge >= 0.3 is 0 Å². The van der Waals surface area contributed by atoms with Crippen LogP contribution in [0.3, 0.4) is 0 Å². The van der Waals surface area contributed by atoms with Crippen molar-refractivity contribution in [3.63, 3.8) is 0 Å². The van der Waals surface area contributed by atoms with E-state index in [2.05, 4.69) is 21.2 Å². The van der Waals surface area contributed by atoms with E-state index in [4.69, 9.17) is 0 Å². The van der Waals surface area contributed by atoms with Crippen molar-refractivity contribution >= 4 is 21.8 Å². The van der Waals surface area contributed by atoms with Crippen LogP contribution in [0.5, 0.6) is 0 Å². The molecule has 104 valence electrons. The van der Waals surface area contributed by atoms with Crippen LogP contribution in [-0.2, 0) is 13.6 Å². The summed E-state index contributed by atoms with van der Waals surface area (Å²) < 4.78 is 15.6. The summed E-state index contributed by atoms with van der Waals surface area (Å²) in [6.07, 6.45) is 1.51. The molecule has 0 bridgehead atoms. The van der Waals surface area contributed by atoms with E-state index in [-0.39, 0.29) is 17.7 Å². The van der Waals surface area contributed by atoms with E-state index in [1.165, 1.54) is 29.0 Å². The van der Waals surface area contributed by atoms with Crippen LogP contribution in [0.4, 0.5) is 4.39 Å². The van der Waals surface area contributed by atoms with Gasteiger partial charge in [-0.15, -0.1) is 0 Å². The third-order valence-electron chi connectivity index (χ3n) is 2.81. The van der Waals surface area contributed by atoms with Gasteiger partial charge in [-0.1, -0.05) is 15.9 Å². The quantitative estimate of drug-likeness (QED) is 0.932. The molecule has 0 saturated heterocycles. The number of hydrogen-bond donors (Lipinski definition) is 1. The first kappa shape index (κ1) is 14.5. The smallest absolute Gasteiger partial charge is 0.251 e. The van der Waals surface area contributed by atoms with Gasteiger partial charge in [0.05, 0.1) is 0 Å². The molecular weight excluding hydrogens is 327 g/mol. The molecule has 1 N–H and O–H groups in total. The fourth-order valence-electron chi connectivity index (χ4n) is 1.65. The molecule has 0 aliphatic rings. The lowest BCUT2D eigenvalue weighted by atomic mass is 10.2. The zero-order valence-corrected chi connectivity index (χ0v) is 12.3. The second-order valence-corrected chi connectivity index (χ2v) is 5.20. The average Bonchev–Trinajstić information content (AvgIpc) is 2.42. The van der Waals surface area contributed by atoms with Gasteiger partial charge in [-0.2, -0.15) is 0 Å². The van der Waals surface area contributed by atoms with Crippen LogP contribution in [0.15, 0.2) is 45.8 Å². The summed E-state index contributed by atoms with van der Waals surface area (Å²) in [6.45, 7) is 0.0549. The average molecular weight is 339 g/mol. The lowest BCUT2D eigenvalue weighted by molar-refractivity contribution is 0.0950. The van der Waals surface area contributed by atoms with Crippen LogP contribution in [0.25, 0.3) is 0 Å². The maximum atomic E-state index is 13.5. The number of carbonyl (C=O) groups is 1. The number of amides is 1. The molecule has 0 unspecified atom stereocenters. The van der Waals surface area contributed by atoms with Gasteiger partial charge in [0.25, 0.3) is 11.5 Å². The fraction of sp³-hybridized carbons (Fsp3) is 0.143. The Bertz CT molecular complexity index is 713. The minimum atomic E-state index is -0.415. The van der Waals surface area contributed by atoms with E-state index in [1.54, 1.807) is 19.2 Å². The number of rotatable bonds is 3. The summed E-state index contributed by atoms with van der Waals surface area (Å²) in [4.78, 5) is 23.3. The van der Waals surface area contributed by atoms with Crippen molar-refractivity contribution in [1.82, 2.24) is 9.88 Å². The number of nitrogens with zero attached hydrogens (tertiary/aromatic N) is 1. The largest absolute Gasteiger partial charge is 0.348 e. The van der Waals surface area contributed by atoms with Gasteiger partial charge in [0, 0.05) is 41.5 Å². The molecule has 0 spiro atoms. The Hall–Kier alpha value is -1.95. The lowest BCUT2D eigenvalue weighted by Crippen LogP contribution is -2.26. The van der Waals surface area contributed by atoms with Crippen molar-refractivity contribution in [3.05, 3.63) is 68.3 Å². The van der Waals surface area contributed by atoms with Crippen LogP contribution in [0.2, 0.25) is 0 Å². The van der Waals surface area contributed by atoms with E-state index in [1.807, 2.05) is 0 Å². The Morgan fingerprint density at radius 1 is 1.35 bits per heavy atom. The van der Waals surface area contributed by atoms with Crippen molar-refractivity contribution in [2.24, 2.45) is 7.05 Å². The maximum absolute atomic E-state index is 13.5. The Morgan fingerprint density at radius 3 is 2.80 bits per heavy atom. The monoisotopic (exact) mass is 338 g/mol. The number of benzene rings is 1. The number of aryl methyl sites for hydroxylation is 1. The first-order chi connectivity index (χ1) is 9.47. The molecule has 1 aromatic heterocycles. The molecule has 2 rings (SSSR count). The zero-order valence-electron chi connectivity index (χ0n) is 10.7. The predicted molar refractivity (Wildman–Crippen MR) is 77.0 cm³/mol. The van der Waals surface area contributed by atoms with Crippen LogP contribution < -0.4 is 10.9 Å². The molecule has 1 heterocycles. The lowest BCUT2D eigenvalue weighted by Gasteiger charge is -2.07. The Kier molecular flexibility index (Phi) is 4.34. The van der Waals surface area contributed by atoms with E-state index in [0.717, 1.165) is 4.47 Å². The molecule has 20 heavy (non-hydrogen) atoms. The zero-order chi connectivity index (χ0) is 14.7. The second-order valence-electron chi connectivity index (χ2n) is 4.28.